The summed E-state index contributed by atoms with van der Waals surface area (Å²) in [6, 6.07) is 18.9. The van der Waals surface area contributed by atoms with Gasteiger partial charge in [-0.3, -0.25) is 19.0 Å². The molecule has 2 aliphatic rings. The van der Waals surface area contributed by atoms with Crippen LogP contribution in [0.2, 0.25) is 0 Å². The fourth-order valence-corrected chi connectivity index (χ4v) is 11.9. The van der Waals surface area contributed by atoms with Crippen LogP contribution in [0, 0.1) is 11.8 Å². The predicted octanol–water partition coefficient (Wildman–Crippen LogP) is 10.6. The minimum absolute atomic E-state index is 0.225. The van der Waals surface area contributed by atoms with Crippen molar-refractivity contribution in [1.29, 1.82) is 0 Å². The topological polar surface area (TPSA) is 140 Å². The molecule has 70 heavy (non-hydrogen) atoms. The number of ketones is 2. The molecule has 2 aliphatic heterocycles. The molecular weight excluding hydrogens is 913 g/mol. The number of benzene rings is 2. The van der Waals surface area contributed by atoms with E-state index in [1.807, 2.05) is 35.9 Å². The van der Waals surface area contributed by atoms with Gasteiger partial charge in [-0.05, 0) is 60.8 Å². The largest absolute Gasteiger partial charge is 0.365 e. The van der Waals surface area contributed by atoms with Gasteiger partial charge in [0.25, 0.3) is 0 Å². The smallest absolute Gasteiger partial charge is 0.186 e. The molecule has 2 saturated heterocycles. The number of aromatic nitrogens is 8. The molecule has 10 rings (SSSR count). The summed E-state index contributed by atoms with van der Waals surface area (Å²) in [5.74, 6) is 2.28. The maximum absolute atomic E-state index is 13.3. The lowest BCUT2D eigenvalue weighted by molar-refractivity contribution is 0.0953. The molecule has 0 bridgehead atoms. The van der Waals surface area contributed by atoms with E-state index in [0.29, 0.717) is 24.7 Å². The number of Topliss-reactive ketones (excluding diaryl/α,β-unsaturated/α-hetero) is 2. The van der Waals surface area contributed by atoms with E-state index in [2.05, 4.69) is 137 Å². The van der Waals surface area contributed by atoms with Gasteiger partial charge in [0.05, 0.1) is 40.2 Å². The number of hydrogen-bond acceptors (Lipinski definition) is 12. The molecule has 2 aromatic carbocycles. The Labute approximate surface area is 419 Å². The monoisotopic (exact) mass is 981 g/mol. The summed E-state index contributed by atoms with van der Waals surface area (Å²) < 4.78 is 3.76. The Morgan fingerprint density at radius 3 is 1.56 bits per heavy atom. The molecule has 2 N–H and O–H groups in total. The lowest BCUT2D eigenvalue weighted by Crippen LogP contribution is -2.47. The summed E-state index contributed by atoms with van der Waals surface area (Å²) >= 11 is 3.10. The van der Waals surface area contributed by atoms with Crippen molar-refractivity contribution in [2.45, 2.75) is 78.1 Å². The standard InChI is InChI=1S/2C27H34N6OS/c1-3-4-7-20(14-21-16-28-24-9-6-5-8-23(21)24)15-25(34)26-18-29-27(35-26)33-12-10-32(11-13-33)22-17-30-31(2)19-22;1-3-4-7-20(16-21-18-28-23-9-6-5-8-22(21)23)17-24(34)25-19-29-27(35-25)33-14-12-32(13-15-33)26-10-11-30-31(26)2/h5-6,8-9,16-20,28H,3-4,7,10-15H2,1-2H3;5-6,8-11,18-20,28H,3-4,7,12-17H2,1-2H3. The first kappa shape index (κ1) is 48.8. The fourth-order valence-electron chi connectivity index (χ4n) is 10.1. The molecule has 0 amide bonds. The molecule has 0 saturated carbocycles. The van der Waals surface area contributed by atoms with Crippen LogP contribution in [0.3, 0.4) is 0 Å². The number of nitrogens with one attached hydrogen (secondary N) is 2. The van der Waals surface area contributed by atoms with E-state index < -0.39 is 0 Å². The minimum atomic E-state index is 0.225. The van der Waals surface area contributed by atoms with E-state index in [-0.39, 0.29) is 11.6 Å². The van der Waals surface area contributed by atoms with E-state index >= 15 is 0 Å². The third-order valence-electron chi connectivity index (χ3n) is 14.1. The number of aryl methyl sites for hydroxylation is 2. The second-order valence-electron chi connectivity index (χ2n) is 19.0. The summed E-state index contributed by atoms with van der Waals surface area (Å²) in [4.78, 5) is 53.5. The van der Waals surface area contributed by atoms with Crippen molar-refractivity contribution >= 4 is 77.8 Å². The van der Waals surface area contributed by atoms with Crippen molar-refractivity contribution in [3.05, 3.63) is 119 Å². The van der Waals surface area contributed by atoms with Crippen molar-refractivity contribution in [1.82, 2.24) is 39.5 Å². The van der Waals surface area contributed by atoms with Crippen molar-refractivity contribution < 1.29 is 9.59 Å². The van der Waals surface area contributed by atoms with Crippen molar-refractivity contribution in [2.24, 2.45) is 25.9 Å². The predicted molar refractivity (Wildman–Crippen MR) is 287 cm³/mol. The highest BCUT2D eigenvalue weighted by Gasteiger charge is 2.26. The molecule has 0 spiro atoms. The number of rotatable bonds is 20. The molecule has 2 atom stereocenters. The number of nitrogens with zero attached hydrogens (tertiary/aromatic N) is 10. The zero-order valence-electron chi connectivity index (χ0n) is 41.2. The number of fused-ring (bicyclic) bond motifs is 2. The van der Waals surface area contributed by atoms with Crippen molar-refractivity contribution in [3.63, 3.8) is 0 Å². The third kappa shape index (κ3) is 11.8. The van der Waals surface area contributed by atoms with E-state index in [1.165, 1.54) is 32.9 Å². The molecule has 16 heteroatoms. The summed E-state index contributed by atoms with van der Waals surface area (Å²) in [5.41, 5.74) is 6.12. The van der Waals surface area contributed by atoms with Crippen LogP contribution in [-0.4, -0.2) is 103 Å². The quantitative estimate of drug-likeness (QED) is 0.0710. The second kappa shape index (κ2) is 23.1. The maximum atomic E-state index is 13.3. The number of para-hydroxylation sites is 2. The number of carbonyl (C=O) groups excluding carboxylic acids is 2. The van der Waals surface area contributed by atoms with Crippen LogP contribution in [-0.2, 0) is 26.9 Å². The summed E-state index contributed by atoms with van der Waals surface area (Å²) in [5, 5.41) is 13.0. The molecular formula is C54H68N12O2S2. The first-order chi connectivity index (χ1) is 34.2. The van der Waals surface area contributed by atoms with Gasteiger partial charge in [-0.1, -0.05) is 98.6 Å². The van der Waals surface area contributed by atoms with Crippen LogP contribution < -0.4 is 19.6 Å². The number of hydrogen-bond donors (Lipinski definition) is 2. The van der Waals surface area contributed by atoms with Crippen LogP contribution in [0.25, 0.3) is 21.8 Å². The molecule has 0 aliphatic carbocycles. The molecule has 2 unspecified atom stereocenters. The van der Waals surface area contributed by atoms with Gasteiger partial charge in [-0.15, -0.1) is 0 Å². The van der Waals surface area contributed by atoms with E-state index in [0.717, 1.165) is 135 Å². The molecule has 2 fully saturated rings. The summed E-state index contributed by atoms with van der Waals surface area (Å²) in [7, 11) is 3.92. The third-order valence-corrected chi connectivity index (χ3v) is 16.3. The Bertz CT molecular complexity index is 2920. The minimum Gasteiger partial charge on any atom is -0.365 e. The number of aromatic amines is 2. The average molecular weight is 981 g/mol. The number of thiazole rings is 2. The second-order valence-corrected chi connectivity index (χ2v) is 21.1. The van der Waals surface area contributed by atoms with Gasteiger partial charge in [-0.25, -0.2) is 9.97 Å². The van der Waals surface area contributed by atoms with Crippen LogP contribution in [0.4, 0.5) is 21.8 Å². The van der Waals surface area contributed by atoms with Gasteiger partial charge in [0.15, 0.2) is 21.8 Å². The number of anilines is 4. The Hall–Kier alpha value is -6.26. The number of unbranched alkanes of at least 4 members (excludes halogenated alkanes) is 2. The van der Waals surface area contributed by atoms with E-state index in [1.54, 1.807) is 35.1 Å². The van der Waals surface area contributed by atoms with E-state index in [4.69, 9.17) is 0 Å². The Balaban J connectivity index is 0.000000174. The molecule has 8 heterocycles. The highest BCUT2D eigenvalue weighted by Crippen LogP contribution is 2.32. The lowest BCUT2D eigenvalue weighted by atomic mass is 9.89. The fraction of sp³-hybridized carbons (Fsp3) is 0.444. The van der Waals surface area contributed by atoms with Gasteiger partial charge < -0.3 is 29.6 Å². The number of piperazine rings is 2. The van der Waals surface area contributed by atoms with E-state index in [9.17, 15) is 9.59 Å². The van der Waals surface area contributed by atoms with Crippen LogP contribution >= 0.6 is 22.7 Å². The Kier molecular flexibility index (Phi) is 16.1. The highest BCUT2D eigenvalue weighted by molar-refractivity contribution is 7.17. The Morgan fingerprint density at radius 2 is 1.10 bits per heavy atom. The van der Waals surface area contributed by atoms with Gasteiger partial charge in [0, 0.05) is 126 Å². The average Bonchev–Trinajstić information content (AvgIpc) is 4.27. The van der Waals surface area contributed by atoms with Crippen LogP contribution in [0.1, 0.15) is 95.7 Å². The van der Waals surface area contributed by atoms with Crippen molar-refractivity contribution in [2.75, 3.05) is 72.0 Å². The molecule has 8 aromatic rings. The zero-order chi connectivity index (χ0) is 48.4. The van der Waals surface area contributed by atoms with Crippen LogP contribution in [0.5, 0.6) is 0 Å². The van der Waals surface area contributed by atoms with Gasteiger partial charge in [0.1, 0.15) is 5.82 Å². The van der Waals surface area contributed by atoms with Crippen molar-refractivity contribution in [3.8, 4) is 0 Å². The zero-order valence-corrected chi connectivity index (χ0v) is 42.9. The van der Waals surface area contributed by atoms with Gasteiger partial charge in [-0.2, -0.15) is 10.2 Å². The number of carbonyl (C=O) groups is 2. The Morgan fingerprint density at radius 1 is 0.614 bits per heavy atom. The summed E-state index contributed by atoms with van der Waals surface area (Å²) in [6.07, 6.45) is 23.4. The summed E-state index contributed by atoms with van der Waals surface area (Å²) in [6.45, 7) is 11.7. The number of H-pyrrole nitrogens is 2. The first-order valence-electron chi connectivity index (χ1n) is 25.3. The lowest BCUT2D eigenvalue weighted by Gasteiger charge is -2.35. The highest BCUT2D eigenvalue weighted by atomic mass is 32.1. The molecule has 6 aromatic heterocycles. The molecule has 0 radical (unpaired) electrons. The SMILES string of the molecule is CCCCC(CC(=O)c1cnc(N2CCN(c3ccnn3C)CC2)s1)Cc1c[nH]c2ccccc12.CCCCC(CC(=O)c1cnc(N2CCN(c3cnn(C)c3)CC2)s1)Cc1c[nH]c2ccccc12. The van der Waals surface area contributed by atoms with Gasteiger partial charge in [0.2, 0.25) is 0 Å². The van der Waals surface area contributed by atoms with Crippen LogP contribution in [0.15, 0.2) is 98.0 Å². The molecule has 368 valence electrons. The first-order valence-corrected chi connectivity index (χ1v) is 26.9. The molecule has 14 nitrogen and oxygen atoms in total. The maximum Gasteiger partial charge on any atom is 0.186 e. The van der Waals surface area contributed by atoms with Gasteiger partial charge >= 0.3 is 0 Å². The normalized spacial score (nSPS) is 15.1.